The number of carboxylic acids is 4. The Morgan fingerprint density at radius 2 is 0.528 bits per heavy atom. The van der Waals surface area contributed by atoms with Crippen LogP contribution in [0.4, 0.5) is 0 Å². The third-order valence-electron chi connectivity index (χ3n) is 5.82. The van der Waals surface area contributed by atoms with E-state index in [9.17, 15) is 39.6 Å². The molecule has 0 aromatic carbocycles. The molecule has 0 bridgehead atoms. The number of carbonyl (C=O) groups is 4. The van der Waals surface area contributed by atoms with E-state index >= 15 is 0 Å². The van der Waals surface area contributed by atoms with Crippen molar-refractivity contribution < 1.29 is 68.0 Å². The van der Waals surface area contributed by atoms with Crippen LogP contribution >= 0.6 is 0 Å². The first-order chi connectivity index (χ1) is 17.2. The molecule has 0 aromatic rings. The average Bonchev–Trinajstić information content (AvgIpc) is 2.81. The lowest BCUT2D eigenvalue weighted by Gasteiger charge is -2.25. The Kier molecular flexibility index (Phi) is 15.1. The molecule has 4 N–H and O–H groups in total. The van der Waals surface area contributed by atoms with Gasteiger partial charge in [-0.05, 0) is 25.7 Å². The molecule has 36 heavy (non-hydrogen) atoms. The number of carboxylic acid groups (broad SMARTS) is 4. The van der Waals surface area contributed by atoms with Gasteiger partial charge in [-0.15, -0.1) is 0 Å². The van der Waals surface area contributed by atoms with Gasteiger partial charge in [-0.2, -0.15) is 0 Å². The second-order valence-electron chi connectivity index (χ2n) is 8.06. The SMILES string of the molecule is O=C(O)C1(C(=O)O)CCOCCOCCOCCC(C(=O)O)(C(=O)O)CCOCCOCCOCC1. The molecule has 1 saturated heterocycles. The maximum absolute atomic E-state index is 11.7. The second-order valence-corrected chi connectivity index (χ2v) is 8.06. The lowest BCUT2D eigenvalue weighted by molar-refractivity contribution is -0.169. The summed E-state index contributed by atoms with van der Waals surface area (Å²) in [5.41, 5.74) is -4.09. The van der Waals surface area contributed by atoms with E-state index in [1.807, 2.05) is 0 Å². The fraction of sp³-hybridized carbons (Fsp3) is 0.818. The first-order valence-electron chi connectivity index (χ1n) is 11.6. The molecule has 1 heterocycles. The van der Waals surface area contributed by atoms with Gasteiger partial charge in [0, 0.05) is 26.4 Å². The zero-order valence-electron chi connectivity index (χ0n) is 20.2. The molecule has 1 aliphatic rings. The zero-order valence-corrected chi connectivity index (χ0v) is 20.2. The summed E-state index contributed by atoms with van der Waals surface area (Å²) in [6.07, 6.45) is -1.03. The third kappa shape index (κ3) is 10.3. The molecule has 0 aliphatic carbocycles. The van der Waals surface area contributed by atoms with E-state index in [4.69, 9.17) is 28.4 Å². The van der Waals surface area contributed by atoms with Crippen LogP contribution in [0.2, 0.25) is 0 Å². The molecular formula is C22H36O14. The smallest absolute Gasteiger partial charge is 0.321 e. The topological polar surface area (TPSA) is 205 Å². The van der Waals surface area contributed by atoms with E-state index in [0.717, 1.165) is 0 Å². The van der Waals surface area contributed by atoms with Crippen molar-refractivity contribution in [3.05, 3.63) is 0 Å². The van der Waals surface area contributed by atoms with Gasteiger partial charge in [0.2, 0.25) is 0 Å². The minimum absolute atomic E-state index is 0.0876. The summed E-state index contributed by atoms with van der Waals surface area (Å²) in [7, 11) is 0. The van der Waals surface area contributed by atoms with E-state index in [1.54, 1.807) is 0 Å². The van der Waals surface area contributed by atoms with Gasteiger partial charge in [-0.3, -0.25) is 19.2 Å². The van der Waals surface area contributed by atoms with Crippen LogP contribution in [0.1, 0.15) is 25.7 Å². The van der Waals surface area contributed by atoms with Crippen LogP contribution in [0, 0.1) is 10.8 Å². The lowest BCUT2D eigenvalue weighted by atomic mass is 9.81. The minimum atomic E-state index is -2.04. The molecule has 14 nitrogen and oxygen atoms in total. The molecule has 0 amide bonds. The molecule has 0 aromatic heterocycles. The lowest BCUT2D eigenvalue weighted by Crippen LogP contribution is -2.41. The van der Waals surface area contributed by atoms with Crippen molar-refractivity contribution >= 4 is 23.9 Å². The number of ether oxygens (including phenoxy) is 6. The molecule has 0 unspecified atom stereocenters. The predicted molar refractivity (Wildman–Crippen MR) is 119 cm³/mol. The maximum atomic E-state index is 11.7. The Labute approximate surface area is 208 Å². The monoisotopic (exact) mass is 524 g/mol. The number of hydrogen-bond acceptors (Lipinski definition) is 10. The normalized spacial score (nSPS) is 22.4. The maximum Gasteiger partial charge on any atom is 0.321 e. The van der Waals surface area contributed by atoms with Crippen LogP contribution in [-0.2, 0) is 47.6 Å². The third-order valence-corrected chi connectivity index (χ3v) is 5.82. The van der Waals surface area contributed by atoms with Crippen molar-refractivity contribution in [3.8, 4) is 0 Å². The van der Waals surface area contributed by atoms with Gasteiger partial charge in [-0.25, -0.2) is 0 Å². The Bertz CT molecular complexity index is 580. The molecule has 1 aliphatic heterocycles. The summed E-state index contributed by atoms with van der Waals surface area (Å²) in [4.78, 5) is 46.8. The molecule has 0 spiro atoms. The minimum Gasteiger partial charge on any atom is -0.480 e. The van der Waals surface area contributed by atoms with Crippen molar-refractivity contribution in [3.63, 3.8) is 0 Å². The van der Waals surface area contributed by atoms with E-state index in [2.05, 4.69) is 0 Å². The van der Waals surface area contributed by atoms with Crippen LogP contribution in [-0.4, -0.2) is 124 Å². The zero-order chi connectivity index (χ0) is 26.9. The number of hydrogen-bond donors (Lipinski definition) is 4. The Morgan fingerprint density at radius 3 is 0.694 bits per heavy atom. The van der Waals surface area contributed by atoms with Gasteiger partial charge in [0.15, 0.2) is 10.8 Å². The van der Waals surface area contributed by atoms with Crippen molar-refractivity contribution in [2.45, 2.75) is 25.7 Å². The summed E-state index contributed by atoms with van der Waals surface area (Å²) < 4.78 is 31.8. The molecule has 0 radical (unpaired) electrons. The van der Waals surface area contributed by atoms with Crippen molar-refractivity contribution in [1.29, 1.82) is 0 Å². The molecule has 1 rings (SSSR count). The van der Waals surface area contributed by atoms with E-state index in [-0.39, 0.29) is 105 Å². The molecular weight excluding hydrogens is 488 g/mol. The van der Waals surface area contributed by atoms with Crippen LogP contribution in [0.3, 0.4) is 0 Å². The first-order valence-corrected chi connectivity index (χ1v) is 11.6. The quantitative estimate of drug-likeness (QED) is 0.357. The van der Waals surface area contributed by atoms with E-state index in [0.29, 0.717) is 0 Å². The summed E-state index contributed by atoms with van der Waals surface area (Å²) in [6.45, 7) is 0.403. The van der Waals surface area contributed by atoms with E-state index in [1.165, 1.54) is 0 Å². The molecule has 14 heteroatoms. The number of rotatable bonds is 4. The fourth-order valence-corrected chi connectivity index (χ4v) is 3.36. The molecule has 1 fully saturated rings. The summed E-state index contributed by atoms with van der Waals surface area (Å²) >= 11 is 0. The van der Waals surface area contributed by atoms with Crippen LogP contribution in [0.15, 0.2) is 0 Å². The molecule has 0 saturated carbocycles. The molecule has 208 valence electrons. The Balaban J connectivity index is 2.66. The van der Waals surface area contributed by atoms with Gasteiger partial charge in [0.25, 0.3) is 0 Å². The fourth-order valence-electron chi connectivity index (χ4n) is 3.36. The summed E-state index contributed by atoms with van der Waals surface area (Å²) in [5.74, 6) is -5.89. The van der Waals surface area contributed by atoms with Gasteiger partial charge in [0.1, 0.15) is 0 Å². The van der Waals surface area contributed by atoms with Crippen molar-refractivity contribution in [2.24, 2.45) is 10.8 Å². The van der Waals surface area contributed by atoms with Gasteiger partial charge in [0.05, 0.1) is 52.9 Å². The summed E-state index contributed by atoms with van der Waals surface area (Å²) in [5, 5.41) is 38.1. The van der Waals surface area contributed by atoms with Gasteiger partial charge < -0.3 is 48.8 Å². The number of aliphatic carboxylic acids is 4. The standard InChI is InChI=1S/C22H36O14/c23-17(24)21(18(25)26)1-5-31-9-13-35-15-11-33-7-3-22(19(27)28,20(29)30)4-8-34-12-16-36-14-10-32-6-2-21/h1-16H2,(H,23,24)(H,25,26)(H,27,28)(H,29,30). The van der Waals surface area contributed by atoms with E-state index < -0.39 is 34.7 Å². The van der Waals surface area contributed by atoms with Gasteiger partial charge >= 0.3 is 23.9 Å². The predicted octanol–water partition coefficient (Wildman–Crippen LogP) is -0.0288. The highest BCUT2D eigenvalue weighted by atomic mass is 16.5. The summed E-state index contributed by atoms with van der Waals surface area (Å²) in [6, 6.07) is 0. The van der Waals surface area contributed by atoms with Crippen molar-refractivity contribution in [1.82, 2.24) is 0 Å². The largest absolute Gasteiger partial charge is 0.480 e. The first kappa shape index (κ1) is 31.7. The average molecular weight is 525 g/mol. The highest BCUT2D eigenvalue weighted by Gasteiger charge is 2.46. The highest BCUT2D eigenvalue weighted by Crippen LogP contribution is 2.29. The van der Waals surface area contributed by atoms with Crippen LogP contribution in [0.5, 0.6) is 0 Å². The van der Waals surface area contributed by atoms with Gasteiger partial charge in [-0.1, -0.05) is 0 Å². The van der Waals surface area contributed by atoms with Crippen molar-refractivity contribution in [2.75, 3.05) is 79.3 Å². The Morgan fingerprint density at radius 1 is 0.361 bits per heavy atom. The molecule has 0 atom stereocenters. The van der Waals surface area contributed by atoms with Crippen LogP contribution in [0.25, 0.3) is 0 Å². The second kappa shape index (κ2) is 17.2. The highest BCUT2D eigenvalue weighted by molar-refractivity contribution is 5.98. The van der Waals surface area contributed by atoms with Crippen LogP contribution < -0.4 is 0 Å². The Hall–Kier alpha value is -2.36.